The van der Waals surface area contributed by atoms with E-state index in [-0.39, 0.29) is 24.0 Å². The van der Waals surface area contributed by atoms with E-state index in [0.29, 0.717) is 6.04 Å². The molecule has 2 amide bonds. The quantitative estimate of drug-likeness (QED) is 0.852. The Bertz CT molecular complexity index is 652. The molecule has 0 radical (unpaired) electrons. The lowest BCUT2D eigenvalue weighted by atomic mass is 9.93. The van der Waals surface area contributed by atoms with Crippen molar-refractivity contribution in [3.63, 3.8) is 0 Å². The van der Waals surface area contributed by atoms with Crippen molar-refractivity contribution < 1.29 is 14.3 Å². The molecular weight excluding hydrogens is 333 g/mol. The normalized spacial score (nSPS) is 26.7. The van der Waals surface area contributed by atoms with Crippen LogP contribution in [0.25, 0.3) is 0 Å². The van der Waals surface area contributed by atoms with Gasteiger partial charge in [0.25, 0.3) is 0 Å². The predicted molar refractivity (Wildman–Crippen MR) is 98.8 cm³/mol. The van der Waals surface area contributed by atoms with Gasteiger partial charge in [0.2, 0.25) is 0 Å². The Kier molecular flexibility index (Phi) is 5.02. The third-order valence-electron chi connectivity index (χ3n) is 6.19. The third kappa shape index (κ3) is 3.65. The van der Waals surface area contributed by atoms with E-state index in [2.05, 4.69) is 10.2 Å². The van der Waals surface area contributed by atoms with E-state index in [9.17, 15) is 14.3 Å². The standard InChI is InChI=1S/C20H28FN3O2/c21-15-1-6-19-14(13-15)7-12-24(19)17-8-10-23(11-9-17)20(26)22-16-2-4-18(25)5-3-16/h1,6,13,16-18,25H,2-5,7-12H2,(H,22,26). The third-order valence-corrected chi connectivity index (χ3v) is 6.19. The Morgan fingerprint density at radius 1 is 1.08 bits per heavy atom. The Balaban J connectivity index is 1.29. The minimum atomic E-state index is -0.198. The van der Waals surface area contributed by atoms with E-state index in [1.54, 1.807) is 12.1 Å². The Labute approximate surface area is 154 Å². The van der Waals surface area contributed by atoms with Crippen LogP contribution in [0.4, 0.5) is 14.9 Å². The average molecular weight is 361 g/mol. The van der Waals surface area contributed by atoms with Crippen molar-refractivity contribution >= 4 is 11.7 Å². The van der Waals surface area contributed by atoms with E-state index >= 15 is 0 Å². The van der Waals surface area contributed by atoms with Crippen LogP contribution in [0.2, 0.25) is 0 Å². The van der Waals surface area contributed by atoms with Crippen LogP contribution in [0.5, 0.6) is 0 Å². The van der Waals surface area contributed by atoms with Gasteiger partial charge in [-0.05, 0) is 68.7 Å². The molecule has 1 saturated heterocycles. The number of urea groups is 1. The second-order valence-corrected chi connectivity index (χ2v) is 7.89. The van der Waals surface area contributed by atoms with E-state index in [0.717, 1.165) is 75.8 Å². The van der Waals surface area contributed by atoms with Gasteiger partial charge in [0.15, 0.2) is 0 Å². The molecule has 1 aromatic rings. The van der Waals surface area contributed by atoms with Gasteiger partial charge in [-0.2, -0.15) is 0 Å². The Hall–Kier alpha value is -1.82. The van der Waals surface area contributed by atoms with E-state index in [4.69, 9.17) is 0 Å². The maximum Gasteiger partial charge on any atom is 0.317 e. The summed E-state index contributed by atoms with van der Waals surface area (Å²) in [5, 5.41) is 12.7. The Morgan fingerprint density at radius 2 is 1.81 bits per heavy atom. The number of likely N-dealkylation sites (tertiary alicyclic amines) is 1. The summed E-state index contributed by atoms with van der Waals surface area (Å²) in [5.74, 6) is -0.160. The van der Waals surface area contributed by atoms with Gasteiger partial charge in [-0.3, -0.25) is 0 Å². The maximum atomic E-state index is 13.4. The molecule has 2 N–H and O–H groups in total. The first-order valence-electron chi connectivity index (χ1n) is 9.89. The van der Waals surface area contributed by atoms with Gasteiger partial charge in [-0.25, -0.2) is 9.18 Å². The van der Waals surface area contributed by atoms with Crippen LogP contribution >= 0.6 is 0 Å². The molecule has 2 aliphatic heterocycles. The van der Waals surface area contributed by atoms with Crippen LogP contribution in [-0.4, -0.2) is 53.9 Å². The molecule has 0 aromatic heterocycles. The second kappa shape index (κ2) is 7.43. The summed E-state index contributed by atoms with van der Waals surface area (Å²) in [5.41, 5.74) is 2.26. The highest BCUT2D eigenvalue weighted by Gasteiger charge is 2.31. The molecule has 3 aliphatic rings. The number of fused-ring (bicyclic) bond motifs is 1. The van der Waals surface area contributed by atoms with Gasteiger partial charge in [0, 0.05) is 37.4 Å². The lowest BCUT2D eigenvalue weighted by Gasteiger charge is -2.39. The highest BCUT2D eigenvalue weighted by molar-refractivity contribution is 5.74. The van der Waals surface area contributed by atoms with Crippen LogP contribution in [0.15, 0.2) is 18.2 Å². The summed E-state index contributed by atoms with van der Waals surface area (Å²) in [6.45, 7) is 2.47. The number of piperidine rings is 1. The number of hydrogen-bond acceptors (Lipinski definition) is 3. The molecule has 1 aliphatic carbocycles. The van der Waals surface area contributed by atoms with Gasteiger partial charge < -0.3 is 20.2 Å². The topological polar surface area (TPSA) is 55.8 Å². The number of hydrogen-bond donors (Lipinski definition) is 2. The number of amides is 2. The van der Waals surface area contributed by atoms with Crippen molar-refractivity contribution in [2.45, 2.75) is 63.1 Å². The number of carbonyl (C=O) groups is 1. The van der Waals surface area contributed by atoms with Crippen molar-refractivity contribution in [1.29, 1.82) is 0 Å². The molecule has 0 spiro atoms. The number of carbonyl (C=O) groups excluding carboxylic acids is 1. The lowest BCUT2D eigenvalue weighted by molar-refractivity contribution is 0.114. The molecule has 1 aromatic carbocycles. The van der Waals surface area contributed by atoms with Crippen LogP contribution in [0, 0.1) is 5.82 Å². The van der Waals surface area contributed by atoms with Crippen molar-refractivity contribution in [2.24, 2.45) is 0 Å². The minimum Gasteiger partial charge on any atom is -0.393 e. The zero-order valence-electron chi connectivity index (χ0n) is 15.2. The number of nitrogens with zero attached hydrogens (tertiary/aromatic N) is 2. The number of anilines is 1. The number of aliphatic hydroxyl groups is 1. The smallest absolute Gasteiger partial charge is 0.317 e. The van der Waals surface area contributed by atoms with Crippen LogP contribution in [0.3, 0.4) is 0 Å². The molecule has 0 bridgehead atoms. The van der Waals surface area contributed by atoms with Crippen molar-refractivity contribution in [2.75, 3.05) is 24.5 Å². The predicted octanol–water partition coefficient (Wildman–Crippen LogP) is 2.67. The van der Waals surface area contributed by atoms with Gasteiger partial charge in [0.1, 0.15) is 5.82 Å². The fraction of sp³-hybridized carbons (Fsp3) is 0.650. The molecule has 2 heterocycles. The van der Waals surface area contributed by atoms with Crippen molar-refractivity contribution in [3.05, 3.63) is 29.6 Å². The SMILES string of the molecule is O=C(NC1CCC(O)CC1)N1CCC(N2CCc3cc(F)ccc32)CC1. The molecular formula is C20H28FN3O2. The zero-order chi connectivity index (χ0) is 18.1. The van der Waals surface area contributed by atoms with Crippen LogP contribution < -0.4 is 10.2 Å². The van der Waals surface area contributed by atoms with Gasteiger partial charge in [-0.1, -0.05) is 0 Å². The van der Waals surface area contributed by atoms with E-state index in [1.807, 2.05) is 11.0 Å². The lowest BCUT2D eigenvalue weighted by Crippen LogP contribution is -2.51. The summed E-state index contributed by atoms with van der Waals surface area (Å²) >= 11 is 0. The summed E-state index contributed by atoms with van der Waals surface area (Å²) in [7, 11) is 0. The van der Waals surface area contributed by atoms with E-state index in [1.165, 1.54) is 0 Å². The first-order chi connectivity index (χ1) is 12.6. The molecule has 142 valence electrons. The molecule has 0 unspecified atom stereocenters. The minimum absolute atomic E-state index is 0.0359. The number of benzene rings is 1. The van der Waals surface area contributed by atoms with Crippen LogP contribution in [-0.2, 0) is 6.42 Å². The molecule has 5 nitrogen and oxygen atoms in total. The van der Waals surface area contributed by atoms with E-state index < -0.39 is 0 Å². The fourth-order valence-electron chi connectivity index (χ4n) is 4.64. The average Bonchev–Trinajstić information content (AvgIpc) is 3.06. The number of aliphatic hydroxyl groups excluding tert-OH is 1. The fourth-order valence-corrected chi connectivity index (χ4v) is 4.64. The highest BCUT2D eigenvalue weighted by Crippen LogP contribution is 2.33. The first-order valence-corrected chi connectivity index (χ1v) is 9.89. The van der Waals surface area contributed by atoms with Crippen molar-refractivity contribution in [3.8, 4) is 0 Å². The molecule has 1 saturated carbocycles. The highest BCUT2D eigenvalue weighted by atomic mass is 19.1. The summed E-state index contributed by atoms with van der Waals surface area (Å²) in [6.07, 6.45) is 5.90. The maximum absolute atomic E-state index is 13.4. The number of halogens is 1. The van der Waals surface area contributed by atoms with Gasteiger partial charge >= 0.3 is 6.03 Å². The molecule has 0 atom stereocenters. The first kappa shape index (κ1) is 17.6. The number of nitrogens with one attached hydrogen (secondary N) is 1. The molecule has 26 heavy (non-hydrogen) atoms. The molecule has 2 fully saturated rings. The number of rotatable bonds is 2. The largest absolute Gasteiger partial charge is 0.393 e. The molecule has 6 heteroatoms. The summed E-state index contributed by atoms with van der Waals surface area (Å²) in [4.78, 5) is 16.8. The zero-order valence-corrected chi connectivity index (χ0v) is 15.2. The Morgan fingerprint density at radius 3 is 2.54 bits per heavy atom. The van der Waals surface area contributed by atoms with Gasteiger partial charge in [-0.15, -0.1) is 0 Å². The van der Waals surface area contributed by atoms with Crippen molar-refractivity contribution in [1.82, 2.24) is 10.2 Å². The second-order valence-electron chi connectivity index (χ2n) is 7.89. The molecule has 4 rings (SSSR count). The van der Waals surface area contributed by atoms with Gasteiger partial charge in [0.05, 0.1) is 6.10 Å². The monoisotopic (exact) mass is 361 g/mol. The summed E-state index contributed by atoms with van der Waals surface area (Å²) < 4.78 is 13.4. The van der Waals surface area contributed by atoms with Crippen LogP contribution in [0.1, 0.15) is 44.1 Å². The summed E-state index contributed by atoms with van der Waals surface area (Å²) in [6, 6.07) is 5.75.